The lowest BCUT2D eigenvalue weighted by Gasteiger charge is -2.07. The molecule has 0 spiro atoms. The van der Waals surface area contributed by atoms with Crippen molar-refractivity contribution < 1.29 is 9.63 Å². The molecule has 5 nitrogen and oxygen atoms in total. The van der Waals surface area contributed by atoms with Gasteiger partial charge >= 0.3 is 0 Å². The highest BCUT2D eigenvalue weighted by Gasteiger charge is 2.13. The molecule has 4 rings (SSSR count). The number of nitrogens with zero attached hydrogens (tertiary/aromatic N) is 3. The largest absolute Gasteiger partial charge is 0.385 e. The predicted molar refractivity (Wildman–Crippen MR) is 106 cm³/mol. The molecular formula is C21H21N3O2S. The van der Waals surface area contributed by atoms with E-state index in [2.05, 4.69) is 22.0 Å². The second kappa shape index (κ2) is 8.03. The molecule has 27 heavy (non-hydrogen) atoms. The molecule has 2 aromatic heterocycles. The first-order valence-electron chi connectivity index (χ1n) is 9.03. The molecule has 2 atom stereocenters. The molecule has 1 unspecified atom stereocenters. The van der Waals surface area contributed by atoms with Gasteiger partial charge in [-0.2, -0.15) is 11.8 Å². The Morgan fingerprint density at radius 3 is 2.96 bits per heavy atom. The van der Waals surface area contributed by atoms with E-state index in [9.17, 15) is 5.11 Å². The van der Waals surface area contributed by atoms with Crippen LogP contribution >= 0.6 is 11.8 Å². The van der Waals surface area contributed by atoms with Crippen molar-refractivity contribution in [2.45, 2.75) is 26.0 Å². The van der Waals surface area contributed by atoms with Crippen LogP contribution in [0, 0.1) is 17.8 Å². The first kappa shape index (κ1) is 17.9. The minimum Gasteiger partial charge on any atom is -0.385 e. The summed E-state index contributed by atoms with van der Waals surface area (Å²) in [6.45, 7) is 2.20. The molecule has 0 saturated carbocycles. The monoisotopic (exact) mass is 379 g/mol. The third-order valence-electron chi connectivity index (χ3n) is 4.53. The lowest BCUT2D eigenvalue weighted by molar-refractivity contribution is 0.184. The molecule has 3 heterocycles. The Hall–Kier alpha value is -2.49. The zero-order chi connectivity index (χ0) is 18.6. The summed E-state index contributed by atoms with van der Waals surface area (Å²) >= 11 is 1.98. The summed E-state index contributed by atoms with van der Waals surface area (Å²) in [6.07, 6.45) is 4.08. The fraction of sp³-hybridized carbons (Fsp3) is 0.333. The van der Waals surface area contributed by atoms with Crippen molar-refractivity contribution >= 4 is 11.8 Å². The zero-order valence-electron chi connectivity index (χ0n) is 15.1. The summed E-state index contributed by atoms with van der Waals surface area (Å²) in [5.41, 5.74) is 2.78. The number of imidazole rings is 1. The van der Waals surface area contributed by atoms with Gasteiger partial charge in [0, 0.05) is 41.3 Å². The molecule has 0 aliphatic carbocycles. The van der Waals surface area contributed by atoms with E-state index in [1.807, 2.05) is 52.9 Å². The lowest BCUT2D eigenvalue weighted by Crippen LogP contribution is -2.07. The number of hydrogen-bond donors (Lipinski definition) is 1. The van der Waals surface area contributed by atoms with E-state index in [1.54, 1.807) is 13.1 Å². The Morgan fingerprint density at radius 2 is 2.22 bits per heavy atom. The quantitative estimate of drug-likeness (QED) is 0.700. The summed E-state index contributed by atoms with van der Waals surface area (Å²) in [7, 11) is 0. The van der Waals surface area contributed by atoms with Crippen molar-refractivity contribution in [3.05, 3.63) is 59.8 Å². The van der Waals surface area contributed by atoms with E-state index in [0.29, 0.717) is 18.3 Å². The molecule has 1 aliphatic heterocycles. The van der Waals surface area contributed by atoms with Crippen LogP contribution in [0.15, 0.2) is 47.2 Å². The smallest absolute Gasteiger partial charge is 0.167 e. The summed E-state index contributed by atoms with van der Waals surface area (Å²) < 4.78 is 7.36. The second-order valence-electron chi connectivity index (χ2n) is 6.68. The number of benzene rings is 1. The average Bonchev–Trinajstić information content (AvgIpc) is 3.43. The van der Waals surface area contributed by atoms with Crippen molar-refractivity contribution in [3.63, 3.8) is 0 Å². The molecule has 0 bridgehead atoms. The van der Waals surface area contributed by atoms with Gasteiger partial charge in [-0.05, 0) is 43.4 Å². The summed E-state index contributed by atoms with van der Waals surface area (Å²) in [6, 6.07) is 9.98. The standard InChI is InChI=1S/C21H21N3O2S/c1-15(25)21-22-9-10-24(21)13-19-12-20(26-23-19)18-6-4-16(5-7-18)2-3-17-8-11-27-14-17/h4-7,9-10,12,15,17,25H,8,11,13-14H2,1H3/t15-,17?/m0/s1. The molecule has 3 aromatic rings. The number of thioether (sulfide) groups is 1. The van der Waals surface area contributed by atoms with Crippen LogP contribution in [0.25, 0.3) is 11.3 Å². The average molecular weight is 379 g/mol. The van der Waals surface area contributed by atoms with Crippen LogP contribution in [0.5, 0.6) is 0 Å². The molecular weight excluding hydrogens is 358 g/mol. The normalized spacial score (nSPS) is 17.5. The molecule has 1 aromatic carbocycles. The summed E-state index contributed by atoms with van der Waals surface area (Å²) in [5, 5.41) is 13.9. The van der Waals surface area contributed by atoms with Gasteiger partial charge in [0.15, 0.2) is 5.76 Å². The minimum atomic E-state index is -0.622. The Balaban J connectivity index is 1.45. The van der Waals surface area contributed by atoms with E-state index >= 15 is 0 Å². The number of aliphatic hydroxyl groups is 1. The summed E-state index contributed by atoms with van der Waals surface area (Å²) in [5.74, 6) is 10.9. The van der Waals surface area contributed by atoms with Crippen LogP contribution in [0.1, 0.15) is 36.5 Å². The van der Waals surface area contributed by atoms with E-state index < -0.39 is 6.10 Å². The first-order valence-corrected chi connectivity index (χ1v) is 10.2. The fourth-order valence-corrected chi connectivity index (χ4v) is 4.22. The highest BCUT2D eigenvalue weighted by molar-refractivity contribution is 7.99. The third kappa shape index (κ3) is 4.26. The zero-order valence-corrected chi connectivity index (χ0v) is 15.9. The van der Waals surface area contributed by atoms with Crippen LogP contribution in [0.2, 0.25) is 0 Å². The molecule has 1 saturated heterocycles. The fourth-order valence-electron chi connectivity index (χ4n) is 3.07. The maximum atomic E-state index is 9.75. The summed E-state index contributed by atoms with van der Waals surface area (Å²) in [4.78, 5) is 4.17. The van der Waals surface area contributed by atoms with Crippen LogP contribution in [0.4, 0.5) is 0 Å². The lowest BCUT2D eigenvalue weighted by atomic mass is 10.1. The van der Waals surface area contributed by atoms with Gasteiger partial charge in [0.2, 0.25) is 0 Å². The molecule has 138 valence electrons. The molecule has 0 amide bonds. The van der Waals surface area contributed by atoms with Crippen LogP contribution in [0.3, 0.4) is 0 Å². The van der Waals surface area contributed by atoms with Gasteiger partial charge < -0.3 is 14.2 Å². The van der Waals surface area contributed by atoms with Crippen LogP contribution in [-0.4, -0.2) is 31.3 Å². The SMILES string of the molecule is C[C@H](O)c1nccn1Cc1cc(-c2ccc(C#CC3CCSC3)cc2)on1. The number of hydrogen-bond acceptors (Lipinski definition) is 5. The van der Waals surface area contributed by atoms with Gasteiger partial charge in [0.25, 0.3) is 0 Å². The van der Waals surface area contributed by atoms with E-state index in [1.165, 1.54) is 12.2 Å². The van der Waals surface area contributed by atoms with Gasteiger partial charge in [-0.1, -0.05) is 17.0 Å². The first-order chi connectivity index (χ1) is 13.2. The Kier molecular flexibility index (Phi) is 5.33. The topological polar surface area (TPSA) is 64.1 Å². The van der Waals surface area contributed by atoms with E-state index in [0.717, 1.165) is 28.3 Å². The van der Waals surface area contributed by atoms with Crippen molar-refractivity contribution in [2.24, 2.45) is 5.92 Å². The molecule has 1 fully saturated rings. The minimum absolute atomic E-state index is 0.507. The van der Waals surface area contributed by atoms with Gasteiger partial charge in [0.05, 0.1) is 6.54 Å². The highest BCUT2D eigenvalue weighted by Crippen LogP contribution is 2.24. The number of aliphatic hydroxyl groups excluding tert-OH is 1. The van der Waals surface area contributed by atoms with Gasteiger partial charge in [0.1, 0.15) is 17.6 Å². The van der Waals surface area contributed by atoms with Crippen molar-refractivity contribution in [3.8, 4) is 23.2 Å². The van der Waals surface area contributed by atoms with Gasteiger partial charge in [-0.3, -0.25) is 0 Å². The third-order valence-corrected chi connectivity index (χ3v) is 5.69. The van der Waals surface area contributed by atoms with Gasteiger partial charge in [-0.25, -0.2) is 4.98 Å². The number of rotatable bonds is 4. The predicted octanol–water partition coefficient (Wildman–Crippen LogP) is 3.74. The Morgan fingerprint density at radius 1 is 1.37 bits per heavy atom. The van der Waals surface area contributed by atoms with Crippen molar-refractivity contribution in [1.82, 2.24) is 14.7 Å². The van der Waals surface area contributed by atoms with Gasteiger partial charge in [-0.15, -0.1) is 0 Å². The second-order valence-corrected chi connectivity index (χ2v) is 7.83. The Bertz CT molecular complexity index is 957. The van der Waals surface area contributed by atoms with Crippen molar-refractivity contribution in [1.29, 1.82) is 0 Å². The molecule has 0 radical (unpaired) electrons. The van der Waals surface area contributed by atoms with E-state index in [-0.39, 0.29) is 0 Å². The number of aromatic nitrogens is 3. The maximum Gasteiger partial charge on any atom is 0.167 e. The maximum absolute atomic E-state index is 9.75. The highest BCUT2D eigenvalue weighted by atomic mass is 32.2. The van der Waals surface area contributed by atoms with Crippen LogP contribution in [-0.2, 0) is 6.54 Å². The Labute approximate surface area is 162 Å². The molecule has 6 heteroatoms. The molecule has 1 aliphatic rings. The molecule has 1 N–H and O–H groups in total. The van der Waals surface area contributed by atoms with Crippen LogP contribution < -0.4 is 0 Å². The van der Waals surface area contributed by atoms with Crippen molar-refractivity contribution in [2.75, 3.05) is 11.5 Å². The van der Waals surface area contributed by atoms with E-state index in [4.69, 9.17) is 4.52 Å².